The molecule has 2 rings (SSSR count). The maximum absolute atomic E-state index is 12.8. The van der Waals surface area contributed by atoms with Crippen molar-refractivity contribution in [2.24, 2.45) is 0 Å². The number of aromatic nitrogens is 1. The number of aliphatic carboxylic acids is 1. The van der Waals surface area contributed by atoms with Gasteiger partial charge in [-0.25, -0.2) is 0 Å². The van der Waals surface area contributed by atoms with Gasteiger partial charge < -0.3 is 10.2 Å². The van der Waals surface area contributed by atoms with Crippen LogP contribution >= 0.6 is 0 Å². The smallest absolute Gasteiger partial charge is 0.433 e. The molecule has 0 aromatic carbocycles. The van der Waals surface area contributed by atoms with E-state index >= 15 is 0 Å². The predicted octanol–water partition coefficient (Wildman–Crippen LogP) is 1.58. The van der Waals surface area contributed by atoms with Gasteiger partial charge in [-0.1, -0.05) is 6.07 Å². The topological polar surface area (TPSA) is 70.4 Å². The SMILES string of the molecule is O=C(O)C1(c2cccnc2C(F)(F)F)CC(O)C1. The maximum atomic E-state index is 12.8. The zero-order valence-corrected chi connectivity index (χ0v) is 9.11. The lowest BCUT2D eigenvalue weighted by Crippen LogP contribution is -2.51. The second kappa shape index (κ2) is 3.94. The Morgan fingerprint density at radius 3 is 2.50 bits per heavy atom. The molecule has 1 aliphatic rings. The summed E-state index contributed by atoms with van der Waals surface area (Å²) in [4.78, 5) is 14.5. The van der Waals surface area contributed by atoms with Gasteiger partial charge in [-0.15, -0.1) is 0 Å². The van der Waals surface area contributed by atoms with Crippen molar-refractivity contribution < 1.29 is 28.2 Å². The fraction of sp³-hybridized carbons (Fsp3) is 0.455. The fourth-order valence-corrected chi connectivity index (χ4v) is 2.27. The second-order valence-corrected chi connectivity index (χ2v) is 4.35. The Hall–Kier alpha value is -1.63. The van der Waals surface area contributed by atoms with Gasteiger partial charge in [0.2, 0.25) is 0 Å². The first kappa shape index (κ1) is 12.8. The highest BCUT2D eigenvalue weighted by molar-refractivity contribution is 5.83. The molecule has 0 amide bonds. The van der Waals surface area contributed by atoms with Crippen molar-refractivity contribution in [2.45, 2.75) is 30.5 Å². The Labute approximate surface area is 100 Å². The molecule has 98 valence electrons. The van der Waals surface area contributed by atoms with E-state index in [-0.39, 0.29) is 18.4 Å². The van der Waals surface area contributed by atoms with Crippen LogP contribution in [0, 0.1) is 0 Å². The fourth-order valence-electron chi connectivity index (χ4n) is 2.27. The lowest BCUT2D eigenvalue weighted by atomic mass is 9.62. The molecule has 0 saturated heterocycles. The standard InChI is InChI=1S/C11H10F3NO3/c12-11(13,14)8-7(2-1-3-15-8)10(9(17)18)4-6(16)5-10/h1-3,6,16H,4-5H2,(H,17,18). The first-order valence-electron chi connectivity index (χ1n) is 5.21. The molecule has 0 unspecified atom stereocenters. The van der Waals surface area contributed by atoms with Crippen LogP contribution in [-0.4, -0.2) is 27.3 Å². The van der Waals surface area contributed by atoms with Gasteiger partial charge in [-0.3, -0.25) is 9.78 Å². The van der Waals surface area contributed by atoms with Crippen LogP contribution in [0.15, 0.2) is 18.3 Å². The van der Waals surface area contributed by atoms with Crippen LogP contribution in [0.4, 0.5) is 13.2 Å². The first-order valence-corrected chi connectivity index (χ1v) is 5.21. The van der Waals surface area contributed by atoms with E-state index in [2.05, 4.69) is 4.98 Å². The minimum absolute atomic E-state index is 0.225. The minimum atomic E-state index is -4.71. The lowest BCUT2D eigenvalue weighted by Gasteiger charge is -2.42. The molecule has 1 aliphatic carbocycles. The number of carboxylic acids is 1. The summed E-state index contributed by atoms with van der Waals surface area (Å²) in [5.74, 6) is -1.37. The third kappa shape index (κ3) is 1.84. The molecule has 0 atom stereocenters. The van der Waals surface area contributed by atoms with E-state index in [1.165, 1.54) is 6.07 Å². The minimum Gasteiger partial charge on any atom is -0.481 e. The van der Waals surface area contributed by atoms with Crippen molar-refractivity contribution in [3.63, 3.8) is 0 Å². The lowest BCUT2D eigenvalue weighted by molar-refractivity contribution is -0.156. The Kier molecular flexibility index (Phi) is 2.81. The highest BCUT2D eigenvalue weighted by Gasteiger charge is 2.55. The summed E-state index contributed by atoms with van der Waals surface area (Å²) in [5, 5.41) is 18.4. The van der Waals surface area contributed by atoms with Crippen molar-refractivity contribution in [3.8, 4) is 0 Å². The molecule has 1 aromatic heterocycles. The monoisotopic (exact) mass is 261 g/mol. The van der Waals surface area contributed by atoms with Gasteiger partial charge >= 0.3 is 12.1 Å². The van der Waals surface area contributed by atoms with Crippen LogP contribution in [0.5, 0.6) is 0 Å². The molecule has 1 heterocycles. The van der Waals surface area contributed by atoms with Gasteiger partial charge in [-0.2, -0.15) is 13.2 Å². The number of pyridine rings is 1. The van der Waals surface area contributed by atoms with Gasteiger partial charge in [-0.05, 0) is 18.9 Å². The van der Waals surface area contributed by atoms with Crippen LogP contribution in [0.25, 0.3) is 0 Å². The van der Waals surface area contributed by atoms with Gasteiger partial charge in [0.1, 0.15) is 5.69 Å². The number of rotatable bonds is 2. The molecule has 4 nitrogen and oxygen atoms in total. The number of carboxylic acid groups (broad SMARTS) is 1. The Morgan fingerprint density at radius 1 is 1.44 bits per heavy atom. The first-order chi connectivity index (χ1) is 8.27. The van der Waals surface area contributed by atoms with Crippen molar-refractivity contribution in [1.82, 2.24) is 4.98 Å². The van der Waals surface area contributed by atoms with Crippen LogP contribution in [0.2, 0.25) is 0 Å². The summed E-state index contributed by atoms with van der Waals surface area (Å²) in [6.45, 7) is 0. The highest BCUT2D eigenvalue weighted by Crippen LogP contribution is 2.47. The number of halogens is 3. The number of nitrogens with zero attached hydrogens (tertiary/aromatic N) is 1. The van der Waals surface area contributed by atoms with Crippen LogP contribution in [-0.2, 0) is 16.4 Å². The van der Waals surface area contributed by atoms with E-state index in [9.17, 15) is 23.1 Å². The van der Waals surface area contributed by atoms with Gasteiger partial charge in [0.25, 0.3) is 0 Å². The molecule has 1 fully saturated rings. The molecule has 7 heteroatoms. The third-order valence-corrected chi connectivity index (χ3v) is 3.17. The average Bonchev–Trinajstić information content (AvgIpc) is 2.23. The van der Waals surface area contributed by atoms with E-state index in [4.69, 9.17) is 5.11 Å². The summed E-state index contributed by atoms with van der Waals surface area (Å²) in [7, 11) is 0. The maximum Gasteiger partial charge on any atom is 0.433 e. The molecule has 0 radical (unpaired) electrons. The molecular formula is C11H10F3NO3. The van der Waals surface area contributed by atoms with E-state index in [0.717, 1.165) is 12.3 Å². The van der Waals surface area contributed by atoms with E-state index < -0.39 is 29.4 Å². The van der Waals surface area contributed by atoms with Crippen LogP contribution < -0.4 is 0 Å². The van der Waals surface area contributed by atoms with Gasteiger partial charge in [0.15, 0.2) is 0 Å². The second-order valence-electron chi connectivity index (χ2n) is 4.35. The van der Waals surface area contributed by atoms with Crippen molar-refractivity contribution in [3.05, 3.63) is 29.6 Å². The molecule has 2 N–H and O–H groups in total. The van der Waals surface area contributed by atoms with Crippen molar-refractivity contribution >= 4 is 5.97 Å². The molecule has 18 heavy (non-hydrogen) atoms. The van der Waals surface area contributed by atoms with E-state index in [0.29, 0.717) is 0 Å². The average molecular weight is 261 g/mol. The molecule has 1 saturated carbocycles. The van der Waals surface area contributed by atoms with Crippen molar-refractivity contribution in [1.29, 1.82) is 0 Å². The summed E-state index contributed by atoms with van der Waals surface area (Å²) >= 11 is 0. The largest absolute Gasteiger partial charge is 0.481 e. The summed E-state index contributed by atoms with van der Waals surface area (Å²) in [5.41, 5.74) is -3.26. The van der Waals surface area contributed by atoms with Gasteiger partial charge in [0.05, 0.1) is 11.5 Å². The summed E-state index contributed by atoms with van der Waals surface area (Å²) < 4.78 is 38.3. The number of aliphatic hydroxyl groups is 1. The number of hydrogen-bond donors (Lipinski definition) is 2. The molecule has 0 aliphatic heterocycles. The Balaban J connectivity index is 2.54. The summed E-state index contributed by atoms with van der Waals surface area (Å²) in [6.07, 6.45) is -5.08. The number of aliphatic hydroxyl groups excluding tert-OH is 1. The molecular weight excluding hydrogens is 251 g/mol. The van der Waals surface area contributed by atoms with Crippen LogP contribution in [0.3, 0.4) is 0 Å². The number of hydrogen-bond acceptors (Lipinski definition) is 3. The Bertz CT molecular complexity index is 481. The van der Waals surface area contributed by atoms with Crippen LogP contribution in [0.1, 0.15) is 24.1 Å². The predicted molar refractivity (Wildman–Crippen MR) is 53.8 cm³/mol. The quantitative estimate of drug-likeness (QED) is 0.847. The molecule has 0 spiro atoms. The normalized spacial score (nSPS) is 27.7. The number of carbonyl (C=O) groups is 1. The third-order valence-electron chi connectivity index (χ3n) is 3.17. The highest BCUT2D eigenvalue weighted by atomic mass is 19.4. The zero-order valence-electron chi connectivity index (χ0n) is 9.11. The van der Waals surface area contributed by atoms with E-state index in [1.54, 1.807) is 0 Å². The number of alkyl halides is 3. The molecule has 1 aromatic rings. The van der Waals surface area contributed by atoms with Gasteiger partial charge in [0, 0.05) is 11.8 Å². The summed E-state index contributed by atoms with van der Waals surface area (Å²) in [6, 6.07) is 2.37. The van der Waals surface area contributed by atoms with E-state index in [1.807, 2.05) is 0 Å². The van der Waals surface area contributed by atoms with Crippen molar-refractivity contribution in [2.75, 3.05) is 0 Å². The zero-order chi connectivity index (χ0) is 13.6. The molecule has 0 bridgehead atoms. The Morgan fingerprint density at radius 2 is 2.06 bits per heavy atom.